The van der Waals surface area contributed by atoms with Gasteiger partial charge < -0.3 is 4.43 Å². The first kappa shape index (κ1) is 23.5. The lowest BCUT2D eigenvalue weighted by Gasteiger charge is -2.33. The number of halogens is 1. The molecule has 0 N–H and O–H groups in total. The Labute approximate surface area is 183 Å². The minimum atomic E-state index is -3.83. The summed E-state index contributed by atoms with van der Waals surface area (Å²) in [5.41, 5.74) is 0.998. The monoisotopic (exact) mass is 536 g/mol. The Bertz CT molecular complexity index is 843. The van der Waals surface area contributed by atoms with E-state index in [0.717, 1.165) is 27.3 Å². The predicted octanol–water partition coefficient (Wildman–Crippen LogP) is 4.59. The highest BCUT2D eigenvalue weighted by atomic mass is 127. The van der Waals surface area contributed by atoms with E-state index in [1.165, 1.54) is 0 Å². The molecule has 9 heteroatoms. The van der Waals surface area contributed by atoms with Gasteiger partial charge in [-0.1, -0.05) is 38.5 Å². The summed E-state index contributed by atoms with van der Waals surface area (Å²) >= 11 is 2.20. The molecule has 0 saturated heterocycles. The summed E-state index contributed by atoms with van der Waals surface area (Å²) in [6.07, 6.45) is 3.31. The first-order valence-electron chi connectivity index (χ1n) is 9.55. The lowest BCUT2D eigenvalue weighted by atomic mass is 10.2. The predicted molar refractivity (Wildman–Crippen MR) is 121 cm³/mol. The van der Waals surface area contributed by atoms with Crippen molar-refractivity contribution in [3.05, 3.63) is 45.8 Å². The van der Waals surface area contributed by atoms with Crippen LogP contribution in [0.15, 0.2) is 41.6 Å². The van der Waals surface area contributed by atoms with Gasteiger partial charge in [-0.15, -0.1) is 0 Å². The fraction of sp³-hybridized carbons (Fsp3) is 0.526. The minimum absolute atomic E-state index is 0.0264. The van der Waals surface area contributed by atoms with Crippen molar-refractivity contribution < 1.29 is 17.0 Å². The van der Waals surface area contributed by atoms with Crippen molar-refractivity contribution in [2.24, 2.45) is 0 Å². The molecule has 0 fully saturated rings. The number of benzene rings is 1. The van der Waals surface area contributed by atoms with Crippen LogP contribution in [0.25, 0.3) is 0 Å². The molecule has 1 atom stereocenters. The maximum Gasteiger partial charge on any atom is 0.297 e. The van der Waals surface area contributed by atoms with E-state index >= 15 is 0 Å². The molecule has 0 bridgehead atoms. The van der Waals surface area contributed by atoms with Crippen LogP contribution >= 0.6 is 22.6 Å². The number of hydrogen-bond acceptors (Lipinski definition) is 5. The Morgan fingerprint density at radius 1 is 1.14 bits per heavy atom. The molecule has 1 aromatic carbocycles. The van der Waals surface area contributed by atoms with Crippen LogP contribution in [0.4, 0.5) is 0 Å². The third kappa shape index (κ3) is 6.38. The molecule has 2 aromatic rings. The van der Waals surface area contributed by atoms with Gasteiger partial charge in [0.2, 0.25) is 0 Å². The molecule has 1 unspecified atom stereocenters. The number of hydrogen-bond donors (Lipinski definition) is 0. The van der Waals surface area contributed by atoms with Crippen molar-refractivity contribution in [2.45, 2.75) is 63.4 Å². The highest BCUT2D eigenvalue weighted by molar-refractivity contribution is 14.1. The third-order valence-corrected chi connectivity index (χ3v) is 11.6. The van der Waals surface area contributed by atoms with Crippen LogP contribution in [0.1, 0.15) is 26.3 Å². The van der Waals surface area contributed by atoms with Gasteiger partial charge in [0.05, 0.1) is 33.9 Å². The van der Waals surface area contributed by atoms with Gasteiger partial charge in [-0.2, -0.15) is 13.5 Å². The van der Waals surface area contributed by atoms with Gasteiger partial charge in [0, 0.05) is 6.20 Å². The van der Waals surface area contributed by atoms with Crippen molar-refractivity contribution in [3.8, 4) is 0 Å². The van der Waals surface area contributed by atoms with Gasteiger partial charge in [-0.05, 0) is 59.8 Å². The summed E-state index contributed by atoms with van der Waals surface area (Å²) in [4.78, 5) is 0.162. The SMILES string of the molecule is CC[Si](CC)(CC)OC(COS(=O)(=O)c1ccc(C)cc1)Cn1cc(I)cn1. The van der Waals surface area contributed by atoms with Crippen molar-refractivity contribution in [3.63, 3.8) is 0 Å². The minimum Gasteiger partial charge on any atom is -0.410 e. The van der Waals surface area contributed by atoms with Gasteiger partial charge >= 0.3 is 0 Å². The molecular formula is C19H29IN2O4SSi. The average molecular weight is 537 g/mol. The zero-order valence-electron chi connectivity index (χ0n) is 16.9. The molecule has 1 heterocycles. The molecular weight excluding hydrogens is 507 g/mol. The Morgan fingerprint density at radius 2 is 1.75 bits per heavy atom. The topological polar surface area (TPSA) is 70.4 Å². The largest absolute Gasteiger partial charge is 0.410 e. The quantitative estimate of drug-likeness (QED) is 0.239. The number of aromatic nitrogens is 2. The Kier molecular flexibility index (Phi) is 8.68. The first-order valence-corrected chi connectivity index (χ1v) is 14.6. The summed E-state index contributed by atoms with van der Waals surface area (Å²) < 4.78 is 39.9. The van der Waals surface area contributed by atoms with Crippen LogP contribution in [-0.4, -0.2) is 39.2 Å². The lowest BCUT2D eigenvalue weighted by Crippen LogP contribution is -2.43. The smallest absolute Gasteiger partial charge is 0.297 e. The summed E-state index contributed by atoms with van der Waals surface area (Å²) in [5, 5.41) is 4.31. The van der Waals surface area contributed by atoms with Gasteiger partial charge in [-0.3, -0.25) is 8.86 Å². The third-order valence-electron chi connectivity index (χ3n) is 5.06. The van der Waals surface area contributed by atoms with Crippen molar-refractivity contribution in [1.29, 1.82) is 0 Å². The summed E-state index contributed by atoms with van der Waals surface area (Å²) in [6, 6.07) is 9.62. The second-order valence-electron chi connectivity index (χ2n) is 6.92. The van der Waals surface area contributed by atoms with Gasteiger partial charge in [0.1, 0.15) is 0 Å². The normalized spacial score (nSPS) is 13.6. The molecule has 0 amide bonds. The Hall–Kier alpha value is -0.753. The molecule has 1 aromatic heterocycles. The summed E-state index contributed by atoms with van der Waals surface area (Å²) in [5.74, 6) is 0. The second kappa shape index (κ2) is 10.3. The van der Waals surface area contributed by atoms with Crippen LogP contribution in [0.2, 0.25) is 18.1 Å². The van der Waals surface area contributed by atoms with E-state index < -0.39 is 18.4 Å². The van der Waals surface area contributed by atoms with Gasteiger partial charge in [-0.25, -0.2) is 0 Å². The first-order chi connectivity index (χ1) is 13.2. The van der Waals surface area contributed by atoms with E-state index in [4.69, 9.17) is 8.61 Å². The molecule has 0 aliphatic carbocycles. The zero-order chi connectivity index (χ0) is 20.8. The van der Waals surface area contributed by atoms with E-state index in [1.807, 2.05) is 13.1 Å². The van der Waals surface area contributed by atoms with Crippen LogP contribution in [0.5, 0.6) is 0 Å². The Morgan fingerprint density at radius 3 is 2.25 bits per heavy atom. The maximum atomic E-state index is 12.6. The van der Waals surface area contributed by atoms with Crippen LogP contribution in [0.3, 0.4) is 0 Å². The van der Waals surface area contributed by atoms with Crippen LogP contribution in [0, 0.1) is 10.5 Å². The van der Waals surface area contributed by atoms with Crippen LogP contribution < -0.4 is 0 Å². The average Bonchev–Trinajstić information content (AvgIpc) is 3.09. The number of rotatable bonds is 11. The van der Waals surface area contributed by atoms with E-state index in [1.54, 1.807) is 35.1 Å². The van der Waals surface area contributed by atoms with Crippen molar-refractivity contribution in [2.75, 3.05) is 6.61 Å². The summed E-state index contributed by atoms with van der Waals surface area (Å²) in [6.45, 7) is 8.80. The van der Waals surface area contributed by atoms with E-state index in [0.29, 0.717) is 6.54 Å². The van der Waals surface area contributed by atoms with E-state index in [2.05, 4.69) is 48.5 Å². The molecule has 0 aliphatic rings. The molecule has 28 heavy (non-hydrogen) atoms. The number of aryl methyl sites for hydroxylation is 1. The van der Waals surface area contributed by atoms with Gasteiger partial charge in [0.25, 0.3) is 10.1 Å². The lowest BCUT2D eigenvalue weighted by molar-refractivity contribution is 0.103. The van der Waals surface area contributed by atoms with E-state index in [9.17, 15) is 8.42 Å². The molecule has 0 spiro atoms. The maximum absolute atomic E-state index is 12.6. The van der Waals surface area contributed by atoms with E-state index in [-0.39, 0.29) is 17.6 Å². The van der Waals surface area contributed by atoms with Crippen LogP contribution in [-0.2, 0) is 25.3 Å². The fourth-order valence-electron chi connectivity index (χ4n) is 3.06. The van der Waals surface area contributed by atoms with Crippen molar-refractivity contribution in [1.82, 2.24) is 9.78 Å². The molecule has 0 saturated carbocycles. The zero-order valence-corrected chi connectivity index (χ0v) is 20.9. The number of nitrogens with zero attached hydrogens (tertiary/aromatic N) is 2. The molecule has 156 valence electrons. The molecule has 6 nitrogen and oxygen atoms in total. The van der Waals surface area contributed by atoms with Gasteiger partial charge in [0.15, 0.2) is 8.32 Å². The fourth-order valence-corrected chi connectivity index (χ4v) is 7.30. The second-order valence-corrected chi connectivity index (χ2v) is 14.5. The summed E-state index contributed by atoms with van der Waals surface area (Å²) in [7, 11) is -5.76. The standard InChI is InChI=1S/C19H29IN2O4SSi/c1-5-28(6-2,7-3)26-18(14-22-13-17(20)12-21-22)15-25-27(23,24)19-10-8-16(4)9-11-19/h8-13,18H,5-7,14-15H2,1-4H3. The molecule has 0 aliphatic heterocycles. The highest BCUT2D eigenvalue weighted by Gasteiger charge is 2.33. The Balaban J connectivity index is 2.17. The highest BCUT2D eigenvalue weighted by Crippen LogP contribution is 2.25. The molecule has 0 radical (unpaired) electrons. The molecule has 2 rings (SSSR count). The van der Waals surface area contributed by atoms with Crippen molar-refractivity contribution >= 4 is 41.0 Å².